The molecule has 4 nitrogen and oxygen atoms in total. The Morgan fingerprint density at radius 1 is 1.44 bits per heavy atom. The largest absolute Gasteiger partial charge is 0.496 e. The summed E-state index contributed by atoms with van der Waals surface area (Å²) >= 11 is 0. The van der Waals surface area contributed by atoms with Crippen molar-refractivity contribution in [1.82, 2.24) is 0 Å². The molecule has 1 fully saturated rings. The normalized spacial score (nSPS) is 18.0. The standard InChI is InChI=1S/C13H16FNO3/c1-17-10-4-3-8(14)7-9(10)11(15)13(5-6-13)12(16)18-2/h3-4,7,11H,5-6,15H2,1-2H3. The molecule has 0 spiro atoms. The Bertz CT molecular complexity index is 471. The van der Waals surface area contributed by atoms with Gasteiger partial charge in [0.1, 0.15) is 11.6 Å². The van der Waals surface area contributed by atoms with Gasteiger partial charge in [-0.15, -0.1) is 0 Å². The number of hydrogen-bond donors (Lipinski definition) is 1. The van der Waals surface area contributed by atoms with Gasteiger partial charge in [0.15, 0.2) is 0 Å². The summed E-state index contributed by atoms with van der Waals surface area (Å²) in [6, 6.07) is 3.51. The van der Waals surface area contributed by atoms with Gasteiger partial charge >= 0.3 is 5.97 Å². The molecule has 1 saturated carbocycles. The highest BCUT2D eigenvalue weighted by Gasteiger charge is 2.56. The van der Waals surface area contributed by atoms with Crippen LogP contribution in [0.3, 0.4) is 0 Å². The van der Waals surface area contributed by atoms with Gasteiger partial charge < -0.3 is 15.2 Å². The third-order valence-corrected chi connectivity index (χ3v) is 3.50. The van der Waals surface area contributed by atoms with Gasteiger partial charge in [0.25, 0.3) is 0 Å². The molecule has 1 atom stereocenters. The van der Waals surface area contributed by atoms with Crippen LogP contribution in [-0.4, -0.2) is 20.2 Å². The fraction of sp³-hybridized carbons (Fsp3) is 0.462. The summed E-state index contributed by atoms with van der Waals surface area (Å²) < 4.78 is 23.2. The van der Waals surface area contributed by atoms with Crippen LogP contribution in [0.5, 0.6) is 5.75 Å². The molecular weight excluding hydrogens is 237 g/mol. The maximum Gasteiger partial charge on any atom is 0.313 e. The number of carbonyl (C=O) groups excluding carboxylic acids is 1. The van der Waals surface area contributed by atoms with Crippen LogP contribution in [-0.2, 0) is 9.53 Å². The Morgan fingerprint density at radius 3 is 2.61 bits per heavy atom. The van der Waals surface area contributed by atoms with Crippen molar-refractivity contribution in [2.45, 2.75) is 18.9 Å². The van der Waals surface area contributed by atoms with Gasteiger partial charge in [0.05, 0.1) is 19.6 Å². The molecule has 0 saturated heterocycles. The minimum Gasteiger partial charge on any atom is -0.496 e. The molecule has 1 unspecified atom stereocenters. The van der Waals surface area contributed by atoms with E-state index in [1.165, 1.54) is 32.4 Å². The lowest BCUT2D eigenvalue weighted by atomic mass is 9.90. The van der Waals surface area contributed by atoms with Crippen molar-refractivity contribution >= 4 is 5.97 Å². The second kappa shape index (κ2) is 4.57. The van der Waals surface area contributed by atoms with Crippen molar-refractivity contribution in [1.29, 1.82) is 0 Å². The lowest BCUT2D eigenvalue weighted by Gasteiger charge is -2.23. The maximum atomic E-state index is 13.3. The van der Waals surface area contributed by atoms with Crippen LogP contribution in [0.1, 0.15) is 24.4 Å². The number of benzene rings is 1. The van der Waals surface area contributed by atoms with E-state index in [-0.39, 0.29) is 5.97 Å². The van der Waals surface area contributed by atoms with Crippen molar-refractivity contribution in [3.63, 3.8) is 0 Å². The average Bonchev–Trinajstić information content (AvgIpc) is 3.18. The molecule has 1 aromatic carbocycles. The Morgan fingerprint density at radius 2 is 2.11 bits per heavy atom. The van der Waals surface area contributed by atoms with Gasteiger partial charge in [-0.3, -0.25) is 4.79 Å². The highest BCUT2D eigenvalue weighted by molar-refractivity contribution is 5.81. The molecule has 18 heavy (non-hydrogen) atoms. The van der Waals surface area contributed by atoms with Crippen LogP contribution < -0.4 is 10.5 Å². The Kier molecular flexibility index (Phi) is 3.26. The predicted octanol–water partition coefficient (Wildman–Crippen LogP) is 1.79. The molecule has 1 aliphatic carbocycles. The van der Waals surface area contributed by atoms with E-state index in [4.69, 9.17) is 15.2 Å². The molecule has 2 N–H and O–H groups in total. The topological polar surface area (TPSA) is 61.5 Å². The van der Waals surface area contributed by atoms with Gasteiger partial charge in [-0.1, -0.05) is 0 Å². The summed E-state index contributed by atoms with van der Waals surface area (Å²) in [4.78, 5) is 11.8. The Hall–Kier alpha value is -1.62. The number of hydrogen-bond acceptors (Lipinski definition) is 4. The summed E-state index contributed by atoms with van der Waals surface area (Å²) in [6.07, 6.45) is 1.31. The van der Waals surface area contributed by atoms with Gasteiger partial charge in [-0.25, -0.2) is 4.39 Å². The van der Waals surface area contributed by atoms with Crippen LogP contribution in [0.25, 0.3) is 0 Å². The zero-order valence-electron chi connectivity index (χ0n) is 10.4. The quantitative estimate of drug-likeness (QED) is 0.831. The molecule has 2 rings (SSSR count). The number of ether oxygens (including phenoxy) is 2. The van der Waals surface area contributed by atoms with Crippen molar-refractivity contribution < 1.29 is 18.7 Å². The molecule has 1 aromatic rings. The minimum absolute atomic E-state index is 0.346. The monoisotopic (exact) mass is 253 g/mol. The fourth-order valence-corrected chi connectivity index (χ4v) is 2.23. The number of nitrogens with two attached hydrogens (primary N) is 1. The van der Waals surface area contributed by atoms with Crippen molar-refractivity contribution in [3.8, 4) is 5.75 Å². The van der Waals surface area contributed by atoms with E-state index in [9.17, 15) is 9.18 Å². The molecule has 0 amide bonds. The molecule has 98 valence electrons. The zero-order valence-corrected chi connectivity index (χ0v) is 10.4. The lowest BCUT2D eigenvalue weighted by Crippen LogP contribution is -2.31. The molecule has 0 bridgehead atoms. The highest BCUT2D eigenvalue weighted by atomic mass is 19.1. The summed E-state index contributed by atoms with van der Waals surface area (Å²) in [7, 11) is 2.82. The number of halogens is 1. The fourth-order valence-electron chi connectivity index (χ4n) is 2.23. The van der Waals surface area contributed by atoms with Crippen LogP contribution in [0.4, 0.5) is 4.39 Å². The highest BCUT2D eigenvalue weighted by Crippen LogP contribution is 2.55. The van der Waals surface area contributed by atoms with E-state index in [0.717, 1.165) is 0 Å². The van der Waals surface area contributed by atoms with Crippen LogP contribution in [0.15, 0.2) is 18.2 Å². The molecule has 0 heterocycles. The van der Waals surface area contributed by atoms with Crippen molar-refractivity contribution in [2.24, 2.45) is 11.1 Å². The minimum atomic E-state index is -0.726. The van der Waals surface area contributed by atoms with Crippen LogP contribution in [0.2, 0.25) is 0 Å². The number of rotatable bonds is 4. The molecule has 5 heteroatoms. The SMILES string of the molecule is COC(=O)C1(C(N)c2cc(F)ccc2OC)CC1. The third-order valence-electron chi connectivity index (χ3n) is 3.50. The molecular formula is C13H16FNO3. The average molecular weight is 253 g/mol. The smallest absolute Gasteiger partial charge is 0.313 e. The maximum absolute atomic E-state index is 13.3. The van der Waals surface area contributed by atoms with Gasteiger partial charge in [0, 0.05) is 11.6 Å². The van der Waals surface area contributed by atoms with E-state index in [1.807, 2.05) is 0 Å². The first-order chi connectivity index (χ1) is 8.55. The number of methoxy groups -OCH3 is 2. The van der Waals surface area contributed by atoms with Crippen LogP contribution >= 0.6 is 0 Å². The third kappa shape index (κ3) is 1.95. The second-order valence-electron chi connectivity index (χ2n) is 4.51. The van der Waals surface area contributed by atoms with Gasteiger partial charge in [0.2, 0.25) is 0 Å². The second-order valence-corrected chi connectivity index (χ2v) is 4.51. The Labute approximate surface area is 105 Å². The summed E-state index contributed by atoms with van der Waals surface area (Å²) in [6.45, 7) is 0. The van der Waals surface area contributed by atoms with E-state index in [2.05, 4.69) is 0 Å². The lowest BCUT2D eigenvalue weighted by molar-refractivity contribution is -0.148. The number of carbonyl (C=O) groups is 1. The van der Waals surface area contributed by atoms with Crippen molar-refractivity contribution in [3.05, 3.63) is 29.6 Å². The molecule has 1 aliphatic rings. The van der Waals surface area contributed by atoms with Gasteiger partial charge in [-0.05, 0) is 31.0 Å². The first-order valence-electron chi connectivity index (χ1n) is 5.72. The molecule has 0 radical (unpaired) electrons. The first-order valence-corrected chi connectivity index (χ1v) is 5.72. The predicted molar refractivity (Wildman–Crippen MR) is 63.6 cm³/mol. The van der Waals surface area contributed by atoms with E-state index < -0.39 is 17.3 Å². The van der Waals surface area contributed by atoms with Crippen molar-refractivity contribution in [2.75, 3.05) is 14.2 Å². The van der Waals surface area contributed by atoms with E-state index in [0.29, 0.717) is 24.2 Å². The summed E-state index contributed by atoms with van der Waals surface area (Å²) in [5.41, 5.74) is 5.88. The van der Waals surface area contributed by atoms with Gasteiger partial charge in [-0.2, -0.15) is 0 Å². The number of esters is 1. The van der Waals surface area contributed by atoms with E-state index in [1.54, 1.807) is 0 Å². The molecule has 0 aliphatic heterocycles. The molecule has 0 aromatic heterocycles. The van der Waals surface area contributed by atoms with E-state index >= 15 is 0 Å². The Balaban J connectivity index is 2.37. The summed E-state index contributed by atoms with van der Waals surface area (Å²) in [5.74, 6) is -0.262. The first kappa shape index (κ1) is 12.8. The summed E-state index contributed by atoms with van der Waals surface area (Å²) in [5, 5.41) is 0. The zero-order chi connectivity index (χ0) is 13.3. The van der Waals surface area contributed by atoms with Crippen LogP contribution in [0, 0.1) is 11.2 Å².